The smallest absolute Gasteiger partial charge is 0.231 e. The van der Waals surface area contributed by atoms with E-state index in [2.05, 4.69) is 0 Å². The predicted octanol–water partition coefficient (Wildman–Crippen LogP) is 1.76. The van der Waals surface area contributed by atoms with Crippen molar-refractivity contribution in [2.45, 2.75) is 26.0 Å². The molecule has 0 bridgehead atoms. The van der Waals surface area contributed by atoms with Crippen LogP contribution in [0, 0.1) is 0 Å². The van der Waals surface area contributed by atoms with Crippen molar-refractivity contribution >= 4 is 0 Å². The van der Waals surface area contributed by atoms with Crippen molar-refractivity contribution < 1.29 is 14.2 Å². The second-order valence-electron chi connectivity index (χ2n) is 4.49. The van der Waals surface area contributed by atoms with Crippen LogP contribution in [0.3, 0.4) is 0 Å². The van der Waals surface area contributed by atoms with Crippen LogP contribution in [0.25, 0.3) is 0 Å². The van der Waals surface area contributed by atoms with Gasteiger partial charge < -0.3 is 19.9 Å². The monoisotopic (exact) mass is 223 g/mol. The number of ether oxygens (including phenoxy) is 3. The largest absolute Gasteiger partial charge is 0.454 e. The summed E-state index contributed by atoms with van der Waals surface area (Å²) in [5.41, 5.74) is 7.69. The molecule has 0 radical (unpaired) electrons. The van der Waals surface area contributed by atoms with E-state index < -0.39 is 5.54 Å². The van der Waals surface area contributed by atoms with E-state index in [9.17, 15) is 0 Å². The van der Waals surface area contributed by atoms with Crippen LogP contribution in [-0.4, -0.2) is 13.9 Å². The lowest BCUT2D eigenvalue weighted by molar-refractivity contribution is 0.170. The predicted molar refractivity (Wildman–Crippen MR) is 60.5 cm³/mol. The molecule has 0 fully saturated rings. The van der Waals surface area contributed by atoms with Gasteiger partial charge in [0.2, 0.25) is 6.79 Å². The Balaban J connectivity index is 2.56. The molecule has 0 unspecified atom stereocenters. The van der Waals surface area contributed by atoms with Crippen molar-refractivity contribution in [2.75, 3.05) is 13.9 Å². The van der Waals surface area contributed by atoms with Crippen LogP contribution in [0.5, 0.6) is 11.5 Å². The summed E-state index contributed by atoms with van der Waals surface area (Å²) >= 11 is 0. The van der Waals surface area contributed by atoms with Gasteiger partial charge in [-0.05, 0) is 25.5 Å². The fourth-order valence-electron chi connectivity index (χ4n) is 2.00. The topological polar surface area (TPSA) is 53.7 Å². The molecule has 4 heteroatoms. The Morgan fingerprint density at radius 2 is 2.12 bits per heavy atom. The fraction of sp³-hybridized carbons (Fsp3) is 0.500. The van der Waals surface area contributed by atoms with Crippen molar-refractivity contribution in [3.8, 4) is 11.5 Å². The number of rotatable bonds is 3. The van der Waals surface area contributed by atoms with Gasteiger partial charge in [0, 0.05) is 18.2 Å². The first kappa shape index (κ1) is 11.2. The molecular weight excluding hydrogens is 206 g/mol. The molecule has 0 aromatic heterocycles. The molecule has 0 aliphatic carbocycles. The maximum atomic E-state index is 6.17. The highest BCUT2D eigenvalue weighted by Crippen LogP contribution is 2.42. The standard InChI is InChI=1S/C12H17NO3/c1-12(2,13)10-8(6-14-3)4-5-9-11(10)16-7-15-9/h4-5H,6-7,13H2,1-3H3. The SMILES string of the molecule is COCc1ccc2c(c1C(C)(C)N)OCO2. The van der Waals surface area contributed by atoms with Gasteiger partial charge in [0.15, 0.2) is 11.5 Å². The van der Waals surface area contributed by atoms with E-state index in [4.69, 9.17) is 19.9 Å². The molecule has 1 heterocycles. The van der Waals surface area contributed by atoms with Gasteiger partial charge in [-0.25, -0.2) is 0 Å². The molecule has 0 saturated heterocycles. The average Bonchev–Trinajstić information content (AvgIpc) is 2.63. The Bertz CT molecular complexity index is 396. The van der Waals surface area contributed by atoms with Crippen molar-refractivity contribution in [2.24, 2.45) is 5.73 Å². The number of benzene rings is 1. The minimum Gasteiger partial charge on any atom is -0.454 e. The Morgan fingerprint density at radius 3 is 2.75 bits per heavy atom. The molecule has 4 nitrogen and oxygen atoms in total. The second kappa shape index (κ2) is 3.96. The van der Waals surface area contributed by atoms with Crippen molar-refractivity contribution in [1.29, 1.82) is 0 Å². The zero-order chi connectivity index (χ0) is 11.8. The van der Waals surface area contributed by atoms with E-state index in [1.165, 1.54) is 0 Å². The molecule has 0 atom stereocenters. The lowest BCUT2D eigenvalue weighted by Crippen LogP contribution is -2.30. The van der Waals surface area contributed by atoms with E-state index in [1.807, 2.05) is 26.0 Å². The number of hydrogen-bond donors (Lipinski definition) is 1. The van der Waals surface area contributed by atoms with Crippen LogP contribution in [0.2, 0.25) is 0 Å². The summed E-state index contributed by atoms with van der Waals surface area (Å²) in [7, 11) is 1.66. The summed E-state index contributed by atoms with van der Waals surface area (Å²) in [5, 5.41) is 0. The van der Waals surface area contributed by atoms with Crippen molar-refractivity contribution in [3.05, 3.63) is 23.3 Å². The average molecular weight is 223 g/mol. The summed E-state index contributed by atoms with van der Waals surface area (Å²) in [6.45, 7) is 4.67. The van der Waals surface area contributed by atoms with Crippen LogP contribution >= 0.6 is 0 Å². The van der Waals surface area contributed by atoms with Gasteiger partial charge in [0.05, 0.1) is 6.61 Å². The fourth-order valence-corrected chi connectivity index (χ4v) is 2.00. The highest BCUT2D eigenvalue weighted by Gasteiger charge is 2.28. The molecule has 1 aliphatic heterocycles. The third kappa shape index (κ3) is 1.86. The molecule has 16 heavy (non-hydrogen) atoms. The molecule has 88 valence electrons. The molecule has 0 amide bonds. The Labute approximate surface area is 95.3 Å². The Hall–Kier alpha value is -1.26. The van der Waals surface area contributed by atoms with E-state index in [0.29, 0.717) is 6.61 Å². The number of fused-ring (bicyclic) bond motifs is 1. The van der Waals surface area contributed by atoms with Crippen LogP contribution in [0.1, 0.15) is 25.0 Å². The summed E-state index contributed by atoms with van der Waals surface area (Å²) < 4.78 is 16.0. The molecule has 2 N–H and O–H groups in total. The van der Waals surface area contributed by atoms with Crippen LogP contribution in [-0.2, 0) is 16.9 Å². The quantitative estimate of drug-likeness (QED) is 0.848. The molecule has 0 saturated carbocycles. The lowest BCUT2D eigenvalue weighted by Gasteiger charge is -2.24. The summed E-state index contributed by atoms with van der Waals surface area (Å²) in [6.07, 6.45) is 0. The third-order valence-corrected chi connectivity index (χ3v) is 2.57. The molecule has 0 spiro atoms. The first-order valence-corrected chi connectivity index (χ1v) is 5.24. The van der Waals surface area contributed by atoms with Gasteiger partial charge in [-0.3, -0.25) is 0 Å². The first-order valence-electron chi connectivity index (χ1n) is 5.24. The zero-order valence-corrected chi connectivity index (χ0v) is 9.87. The van der Waals surface area contributed by atoms with Gasteiger partial charge in [0.1, 0.15) is 0 Å². The van der Waals surface area contributed by atoms with E-state index >= 15 is 0 Å². The first-order chi connectivity index (χ1) is 7.54. The Kier molecular flexibility index (Phi) is 2.78. The zero-order valence-electron chi connectivity index (χ0n) is 9.87. The third-order valence-electron chi connectivity index (χ3n) is 2.57. The maximum Gasteiger partial charge on any atom is 0.231 e. The maximum absolute atomic E-state index is 6.17. The van der Waals surface area contributed by atoms with Gasteiger partial charge in [-0.1, -0.05) is 6.07 Å². The van der Waals surface area contributed by atoms with Crippen LogP contribution in [0.4, 0.5) is 0 Å². The van der Waals surface area contributed by atoms with Gasteiger partial charge >= 0.3 is 0 Å². The highest BCUT2D eigenvalue weighted by atomic mass is 16.7. The van der Waals surface area contributed by atoms with Crippen molar-refractivity contribution in [3.63, 3.8) is 0 Å². The molecular formula is C12H17NO3. The summed E-state index contributed by atoms with van der Waals surface area (Å²) in [6, 6.07) is 3.87. The van der Waals surface area contributed by atoms with E-state index in [-0.39, 0.29) is 6.79 Å². The second-order valence-corrected chi connectivity index (χ2v) is 4.49. The molecule has 1 aromatic carbocycles. The van der Waals surface area contributed by atoms with Crippen LogP contribution < -0.4 is 15.2 Å². The Morgan fingerprint density at radius 1 is 1.38 bits per heavy atom. The summed E-state index contributed by atoms with van der Waals surface area (Å²) in [5.74, 6) is 1.51. The minimum atomic E-state index is -0.479. The molecule has 1 aliphatic rings. The van der Waals surface area contributed by atoms with Gasteiger partial charge in [-0.15, -0.1) is 0 Å². The summed E-state index contributed by atoms with van der Waals surface area (Å²) in [4.78, 5) is 0. The van der Waals surface area contributed by atoms with Gasteiger partial charge in [-0.2, -0.15) is 0 Å². The molecule has 2 rings (SSSR count). The minimum absolute atomic E-state index is 0.259. The number of hydrogen-bond acceptors (Lipinski definition) is 4. The van der Waals surface area contributed by atoms with Crippen molar-refractivity contribution in [1.82, 2.24) is 0 Å². The number of nitrogens with two attached hydrogens (primary N) is 1. The lowest BCUT2D eigenvalue weighted by atomic mass is 9.90. The van der Waals surface area contributed by atoms with Crippen LogP contribution in [0.15, 0.2) is 12.1 Å². The number of methoxy groups -OCH3 is 1. The highest BCUT2D eigenvalue weighted by molar-refractivity contribution is 5.54. The van der Waals surface area contributed by atoms with E-state index in [0.717, 1.165) is 22.6 Å². The van der Waals surface area contributed by atoms with E-state index in [1.54, 1.807) is 7.11 Å². The van der Waals surface area contributed by atoms with Gasteiger partial charge in [0.25, 0.3) is 0 Å². The normalized spacial score (nSPS) is 14.2. The molecule has 1 aromatic rings.